The third-order valence-electron chi connectivity index (χ3n) is 2.85. The van der Waals surface area contributed by atoms with Crippen LogP contribution < -0.4 is 10.6 Å². The van der Waals surface area contributed by atoms with Gasteiger partial charge in [-0.15, -0.1) is 0 Å². The summed E-state index contributed by atoms with van der Waals surface area (Å²) in [6.07, 6.45) is 0. The lowest BCUT2D eigenvalue weighted by Crippen LogP contribution is -2.19. The Hall–Kier alpha value is -3.00. The monoisotopic (exact) mass is 314 g/mol. The molecular formula is C14H10N4O3S. The largest absolute Gasteiger partial charge is 0.423 e. The van der Waals surface area contributed by atoms with E-state index in [0.717, 1.165) is 5.52 Å². The first-order valence-corrected chi connectivity index (χ1v) is 6.71. The van der Waals surface area contributed by atoms with Gasteiger partial charge in [-0.2, -0.15) is 4.98 Å². The van der Waals surface area contributed by atoms with Gasteiger partial charge in [0.1, 0.15) is 5.52 Å². The minimum Gasteiger partial charge on any atom is -0.423 e. The molecule has 110 valence electrons. The SMILES string of the molecule is O=[N+]([O-])c1ccc(NC(=S)Nc2nc3ccccc3o2)cc1. The topological polar surface area (TPSA) is 93.2 Å². The highest BCUT2D eigenvalue weighted by Gasteiger charge is 2.08. The van der Waals surface area contributed by atoms with Crippen LogP contribution in [0.1, 0.15) is 0 Å². The van der Waals surface area contributed by atoms with Gasteiger partial charge in [-0.05, 0) is 36.5 Å². The Morgan fingerprint density at radius 3 is 2.55 bits per heavy atom. The summed E-state index contributed by atoms with van der Waals surface area (Å²) in [4.78, 5) is 14.4. The van der Waals surface area contributed by atoms with Gasteiger partial charge in [0.05, 0.1) is 4.92 Å². The predicted octanol–water partition coefficient (Wildman–Crippen LogP) is 3.54. The molecule has 3 aromatic rings. The Balaban J connectivity index is 1.68. The van der Waals surface area contributed by atoms with Gasteiger partial charge in [-0.25, -0.2) is 0 Å². The Bertz CT molecular complexity index is 812. The van der Waals surface area contributed by atoms with Crippen LogP contribution >= 0.6 is 12.2 Å². The molecule has 2 aromatic carbocycles. The van der Waals surface area contributed by atoms with Crippen molar-refractivity contribution in [3.05, 3.63) is 58.6 Å². The Labute approximate surface area is 130 Å². The quantitative estimate of drug-likeness (QED) is 0.434. The molecule has 0 spiro atoms. The summed E-state index contributed by atoms with van der Waals surface area (Å²) in [5.74, 6) is 0. The number of fused-ring (bicyclic) bond motifs is 1. The number of para-hydroxylation sites is 2. The maximum atomic E-state index is 10.6. The van der Waals surface area contributed by atoms with Crippen LogP contribution in [0.15, 0.2) is 52.9 Å². The van der Waals surface area contributed by atoms with E-state index in [2.05, 4.69) is 15.6 Å². The van der Waals surface area contributed by atoms with Crippen LogP contribution in [-0.2, 0) is 0 Å². The number of nitro benzene ring substituents is 1. The molecule has 1 heterocycles. The van der Waals surface area contributed by atoms with Crippen molar-refractivity contribution < 1.29 is 9.34 Å². The molecule has 0 atom stereocenters. The summed E-state index contributed by atoms with van der Waals surface area (Å²) in [7, 11) is 0. The zero-order chi connectivity index (χ0) is 15.5. The third kappa shape index (κ3) is 3.01. The summed E-state index contributed by atoms with van der Waals surface area (Å²) in [5, 5.41) is 16.6. The number of anilines is 2. The summed E-state index contributed by atoms with van der Waals surface area (Å²) in [5.41, 5.74) is 2.02. The summed E-state index contributed by atoms with van der Waals surface area (Å²) in [6, 6.07) is 13.6. The van der Waals surface area contributed by atoms with Crippen molar-refractivity contribution in [1.82, 2.24) is 4.98 Å². The summed E-state index contributed by atoms with van der Waals surface area (Å²) >= 11 is 5.15. The van der Waals surface area contributed by atoms with Crippen molar-refractivity contribution in [2.45, 2.75) is 0 Å². The van der Waals surface area contributed by atoms with Crippen LogP contribution in [0.4, 0.5) is 17.4 Å². The minimum atomic E-state index is -0.460. The van der Waals surface area contributed by atoms with Gasteiger partial charge < -0.3 is 9.73 Å². The molecule has 0 saturated carbocycles. The second-order valence-electron chi connectivity index (χ2n) is 4.37. The van der Waals surface area contributed by atoms with Gasteiger partial charge in [-0.3, -0.25) is 15.4 Å². The maximum Gasteiger partial charge on any atom is 0.302 e. The third-order valence-corrected chi connectivity index (χ3v) is 3.05. The summed E-state index contributed by atoms with van der Waals surface area (Å²) in [6.45, 7) is 0. The number of nitro groups is 1. The van der Waals surface area contributed by atoms with Gasteiger partial charge in [-0.1, -0.05) is 12.1 Å². The molecule has 0 aliphatic carbocycles. The van der Waals surface area contributed by atoms with E-state index in [9.17, 15) is 10.1 Å². The lowest BCUT2D eigenvalue weighted by molar-refractivity contribution is -0.384. The number of rotatable bonds is 3. The molecule has 7 nitrogen and oxygen atoms in total. The van der Waals surface area contributed by atoms with E-state index in [1.54, 1.807) is 18.2 Å². The molecular weight excluding hydrogens is 304 g/mol. The summed E-state index contributed by atoms with van der Waals surface area (Å²) < 4.78 is 5.49. The number of benzene rings is 2. The van der Waals surface area contributed by atoms with E-state index in [1.165, 1.54) is 12.1 Å². The number of nitrogens with one attached hydrogen (secondary N) is 2. The van der Waals surface area contributed by atoms with E-state index in [4.69, 9.17) is 16.6 Å². The second-order valence-corrected chi connectivity index (χ2v) is 4.78. The van der Waals surface area contributed by atoms with Crippen LogP contribution in [0.5, 0.6) is 0 Å². The van der Waals surface area contributed by atoms with Crippen molar-refractivity contribution in [2.75, 3.05) is 10.6 Å². The molecule has 0 aliphatic rings. The van der Waals surface area contributed by atoms with Crippen molar-refractivity contribution in [3.63, 3.8) is 0 Å². The van der Waals surface area contributed by atoms with E-state index in [0.29, 0.717) is 11.3 Å². The number of non-ortho nitro benzene ring substituents is 1. The molecule has 8 heteroatoms. The fourth-order valence-corrected chi connectivity index (χ4v) is 2.06. The fourth-order valence-electron chi connectivity index (χ4n) is 1.85. The first kappa shape index (κ1) is 14.0. The number of nitrogens with zero attached hydrogens (tertiary/aromatic N) is 2. The Kier molecular flexibility index (Phi) is 3.67. The molecule has 0 aliphatic heterocycles. The van der Waals surface area contributed by atoms with Crippen LogP contribution in [0, 0.1) is 10.1 Å². The zero-order valence-electron chi connectivity index (χ0n) is 11.1. The molecule has 2 N–H and O–H groups in total. The van der Waals surface area contributed by atoms with Crippen molar-refractivity contribution >= 4 is 45.8 Å². The molecule has 3 rings (SSSR count). The average molecular weight is 314 g/mol. The Morgan fingerprint density at radius 2 is 1.86 bits per heavy atom. The standard InChI is InChI=1S/C14H10N4O3S/c19-18(20)10-7-5-9(6-8-10)15-14(22)17-13-16-11-3-1-2-4-12(11)21-13/h1-8H,(H2,15,16,17,22). The van der Waals surface area contributed by atoms with Gasteiger partial charge in [0.25, 0.3) is 5.69 Å². The van der Waals surface area contributed by atoms with E-state index in [1.807, 2.05) is 18.2 Å². The highest BCUT2D eigenvalue weighted by Crippen LogP contribution is 2.19. The van der Waals surface area contributed by atoms with E-state index in [-0.39, 0.29) is 16.8 Å². The molecule has 0 amide bonds. The fraction of sp³-hybridized carbons (Fsp3) is 0. The number of aromatic nitrogens is 1. The van der Waals surface area contributed by atoms with E-state index < -0.39 is 4.92 Å². The molecule has 0 radical (unpaired) electrons. The Morgan fingerprint density at radius 1 is 1.14 bits per heavy atom. The van der Waals surface area contributed by atoms with Gasteiger partial charge >= 0.3 is 6.01 Å². The van der Waals surface area contributed by atoms with Gasteiger partial charge in [0.15, 0.2) is 10.7 Å². The normalized spacial score (nSPS) is 10.4. The van der Waals surface area contributed by atoms with Crippen molar-refractivity contribution in [2.24, 2.45) is 0 Å². The zero-order valence-corrected chi connectivity index (χ0v) is 12.0. The first-order chi connectivity index (χ1) is 10.6. The van der Waals surface area contributed by atoms with Crippen LogP contribution in [-0.4, -0.2) is 15.0 Å². The average Bonchev–Trinajstić information content (AvgIpc) is 2.89. The number of hydrogen-bond donors (Lipinski definition) is 2. The molecule has 1 aromatic heterocycles. The number of thiocarbonyl (C=S) groups is 1. The van der Waals surface area contributed by atoms with Crippen molar-refractivity contribution in [3.8, 4) is 0 Å². The van der Waals surface area contributed by atoms with Gasteiger partial charge in [0.2, 0.25) is 0 Å². The van der Waals surface area contributed by atoms with Crippen molar-refractivity contribution in [1.29, 1.82) is 0 Å². The molecule has 0 fully saturated rings. The number of hydrogen-bond acceptors (Lipinski definition) is 5. The smallest absolute Gasteiger partial charge is 0.302 e. The molecule has 0 saturated heterocycles. The number of oxazole rings is 1. The second kappa shape index (κ2) is 5.78. The van der Waals surface area contributed by atoms with E-state index >= 15 is 0 Å². The van der Waals surface area contributed by atoms with Crippen LogP contribution in [0.3, 0.4) is 0 Å². The maximum absolute atomic E-state index is 10.6. The highest BCUT2D eigenvalue weighted by molar-refractivity contribution is 7.80. The lowest BCUT2D eigenvalue weighted by atomic mass is 10.3. The first-order valence-electron chi connectivity index (χ1n) is 6.30. The molecule has 0 unspecified atom stereocenters. The molecule has 0 bridgehead atoms. The van der Waals surface area contributed by atoms with Crippen LogP contribution in [0.25, 0.3) is 11.1 Å². The lowest BCUT2D eigenvalue weighted by Gasteiger charge is -2.07. The van der Waals surface area contributed by atoms with Crippen LogP contribution in [0.2, 0.25) is 0 Å². The minimum absolute atomic E-state index is 0.0170. The van der Waals surface area contributed by atoms with Gasteiger partial charge in [0, 0.05) is 17.8 Å². The molecule has 22 heavy (non-hydrogen) atoms. The highest BCUT2D eigenvalue weighted by atomic mass is 32.1. The predicted molar refractivity (Wildman–Crippen MR) is 86.9 cm³/mol.